The molecule has 2 N–H and O–H groups in total. The van der Waals surface area contributed by atoms with Gasteiger partial charge in [-0.1, -0.05) is 0 Å². The zero-order chi connectivity index (χ0) is 11.4. The van der Waals surface area contributed by atoms with Crippen LogP contribution in [0.2, 0.25) is 0 Å². The largest absolute Gasteiger partial charge is 0.347 e. The van der Waals surface area contributed by atoms with Crippen LogP contribution in [0, 0.1) is 5.82 Å². The third-order valence-electron chi connectivity index (χ3n) is 2.59. The third kappa shape index (κ3) is 2.76. The summed E-state index contributed by atoms with van der Waals surface area (Å²) in [6.07, 6.45) is 3.08. The molecule has 2 heterocycles. The van der Waals surface area contributed by atoms with Crippen LogP contribution in [0.15, 0.2) is 18.3 Å². The highest BCUT2D eigenvalue weighted by molar-refractivity contribution is 5.92. The van der Waals surface area contributed by atoms with Crippen molar-refractivity contribution < 1.29 is 9.18 Å². The smallest absolute Gasteiger partial charge is 0.270 e. The Morgan fingerprint density at radius 2 is 2.44 bits per heavy atom. The van der Waals surface area contributed by atoms with E-state index >= 15 is 0 Å². The van der Waals surface area contributed by atoms with E-state index in [-0.39, 0.29) is 17.6 Å². The minimum absolute atomic E-state index is 0.146. The lowest BCUT2D eigenvalue weighted by Crippen LogP contribution is -2.45. The number of hydrogen-bond acceptors (Lipinski definition) is 3. The normalized spacial score (nSPS) is 20.4. The third-order valence-corrected chi connectivity index (χ3v) is 2.59. The number of carbonyl (C=O) groups is 1. The number of piperidine rings is 1. The molecule has 1 aliphatic rings. The molecule has 1 aromatic heterocycles. The van der Waals surface area contributed by atoms with Crippen LogP contribution in [0.3, 0.4) is 0 Å². The molecule has 0 aromatic carbocycles. The first-order valence-electron chi connectivity index (χ1n) is 5.39. The van der Waals surface area contributed by atoms with Crippen LogP contribution in [0.1, 0.15) is 23.3 Å². The fourth-order valence-electron chi connectivity index (χ4n) is 1.74. The molecule has 5 heteroatoms. The van der Waals surface area contributed by atoms with Crippen LogP contribution in [0.25, 0.3) is 0 Å². The fourth-order valence-corrected chi connectivity index (χ4v) is 1.74. The molecule has 1 atom stereocenters. The van der Waals surface area contributed by atoms with Gasteiger partial charge in [0.1, 0.15) is 11.5 Å². The standard InChI is InChI=1S/C11H14FN3O/c12-8-3-4-10(14-6-8)11(16)15-9-2-1-5-13-7-9/h3-4,6,9,13H,1-2,5,7H2,(H,15,16). The summed E-state index contributed by atoms with van der Waals surface area (Å²) in [4.78, 5) is 15.4. The highest BCUT2D eigenvalue weighted by atomic mass is 19.1. The van der Waals surface area contributed by atoms with Gasteiger partial charge in [0, 0.05) is 12.6 Å². The van der Waals surface area contributed by atoms with Crippen LogP contribution >= 0.6 is 0 Å². The molecule has 1 amide bonds. The van der Waals surface area contributed by atoms with Crippen LogP contribution < -0.4 is 10.6 Å². The van der Waals surface area contributed by atoms with Gasteiger partial charge in [-0.25, -0.2) is 9.37 Å². The summed E-state index contributed by atoms with van der Waals surface area (Å²) in [5.74, 6) is -0.676. The summed E-state index contributed by atoms with van der Waals surface area (Å²) in [7, 11) is 0. The Hall–Kier alpha value is -1.49. The number of halogens is 1. The zero-order valence-electron chi connectivity index (χ0n) is 8.87. The Bertz CT molecular complexity index is 360. The lowest BCUT2D eigenvalue weighted by Gasteiger charge is -2.23. The topological polar surface area (TPSA) is 54.0 Å². The van der Waals surface area contributed by atoms with Gasteiger partial charge in [0.15, 0.2) is 0 Å². The molecule has 1 unspecified atom stereocenters. The molecule has 1 aromatic rings. The van der Waals surface area contributed by atoms with Crippen LogP contribution in [-0.2, 0) is 0 Å². The minimum Gasteiger partial charge on any atom is -0.347 e. The van der Waals surface area contributed by atoms with Crippen molar-refractivity contribution in [3.63, 3.8) is 0 Å². The number of hydrogen-bond donors (Lipinski definition) is 2. The molecule has 1 saturated heterocycles. The average Bonchev–Trinajstić information content (AvgIpc) is 2.31. The average molecular weight is 223 g/mol. The van der Waals surface area contributed by atoms with E-state index in [0.717, 1.165) is 32.1 Å². The highest BCUT2D eigenvalue weighted by Crippen LogP contribution is 2.03. The molecule has 0 saturated carbocycles. The van der Waals surface area contributed by atoms with Crippen molar-refractivity contribution in [3.8, 4) is 0 Å². The molecule has 0 bridgehead atoms. The van der Waals surface area contributed by atoms with Crippen molar-refractivity contribution in [2.45, 2.75) is 18.9 Å². The van der Waals surface area contributed by atoms with E-state index in [1.54, 1.807) is 0 Å². The van der Waals surface area contributed by atoms with Gasteiger partial charge in [-0.3, -0.25) is 4.79 Å². The molecule has 4 nitrogen and oxygen atoms in total. The number of nitrogens with one attached hydrogen (secondary N) is 2. The van der Waals surface area contributed by atoms with Crippen LogP contribution in [-0.4, -0.2) is 30.0 Å². The van der Waals surface area contributed by atoms with Crippen LogP contribution in [0.4, 0.5) is 4.39 Å². The second-order valence-electron chi connectivity index (χ2n) is 3.88. The number of aromatic nitrogens is 1. The second kappa shape index (κ2) is 5.03. The van der Waals surface area contributed by atoms with Crippen molar-refractivity contribution in [3.05, 3.63) is 29.8 Å². The summed E-state index contributed by atoms with van der Waals surface area (Å²) in [5.41, 5.74) is 0.256. The van der Waals surface area contributed by atoms with Crippen molar-refractivity contribution >= 4 is 5.91 Å². The zero-order valence-corrected chi connectivity index (χ0v) is 8.87. The quantitative estimate of drug-likeness (QED) is 0.776. The first-order chi connectivity index (χ1) is 7.75. The van der Waals surface area contributed by atoms with E-state index in [1.165, 1.54) is 12.1 Å². The number of rotatable bonds is 2. The molecule has 16 heavy (non-hydrogen) atoms. The molecule has 0 spiro atoms. The van der Waals surface area contributed by atoms with Gasteiger partial charge in [-0.05, 0) is 31.5 Å². The first kappa shape index (κ1) is 11.0. The maximum atomic E-state index is 12.6. The van der Waals surface area contributed by atoms with E-state index in [1.807, 2.05) is 0 Å². The summed E-state index contributed by atoms with van der Waals surface area (Å²) >= 11 is 0. The summed E-state index contributed by atoms with van der Waals surface area (Å²) in [6, 6.07) is 2.77. The van der Waals surface area contributed by atoms with Crippen LogP contribution in [0.5, 0.6) is 0 Å². The molecule has 86 valence electrons. The van der Waals surface area contributed by atoms with Gasteiger partial charge >= 0.3 is 0 Å². The molecular formula is C11H14FN3O. The van der Waals surface area contributed by atoms with Gasteiger partial charge in [-0.2, -0.15) is 0 Å². The van der Waals surface area contributed by atoms with E-state index in [4.69, 9.17) is 0 Å². The highest BCUT2D eigenvalue weighted by Gasteiger charge is 2.16. The van der Waals surface area contributed by atoms with Crippen molar-refractivity contribution in [2.24, 2.45) is 0 Å². The first-order valence-corrected chi connectivity index (χ1v) is 5.39. The van der Waals surface area contributed by atoms with Gasteiger partial charge in [0.25, 0.3) is 5.91 Å². The predicted molar refractivity (Wildman–Crippen MR) is 57.6 cm³/mol. The Labute approximate surface area is 93.3 Å². The maximum absolute atomic E-state index is 12.6. The Morgan fingerprint density at radius 1 is 1.56 bits per heavy atom. The SMILES string of the molecule is O=C(NC1CCCNC1)c1ccc(F)cn1. The molecule has 0 aliphatic carbocycles. The van der Waals surface area contributed by atoms with Crippen molar-refractivity contribution in [2.75, 3.05) is 13.1 Å². The summed E-state index contributed by atoms with van der Waals surface area (Å²) in [5, 5.41) is 6.07. The second-order valence-corrected chi connectivity index (χ2v) is 3.88. The molecule has 2 rings (SSSR count). The number of carbonyl (C=O) groups excluding carboxylic acids is 1. The summed E-state index contributed by atoms with van der Waals surface area (Å²) < 4.78 is 12.6. The predicted octanol–water partition coefficient (Wildman–Crippen LogP) is 0.702. The lowest BCUT2D eigenvalue weighted by atomic mass is 10.1. The summed E-state index contributed by atoms with van der Waals surface area (Å²) in [6.45, 7) is 1.79. The van der Waals surface area contributed by atoms with E-state index in [2.05, 4.69) is 15.6 Å². The van der Waals surface area contributed by atoms with Gasteiger partial charge in [-0.15, -0.1) is 0 Å². The fraction of sp³-hybridized carbons (Fsp3) is 0.455. The monoisotopic (exact) mass is 223 g/mol. The molecule has 1 aliphatic heterocycles. The van der Waals surface area contributed by atoms with Gasteiger partial charge in [0.2, 0.25) is 0 Å². The minimum atomic E-state index is -0.434. The maximum Gasteiger partial charge on any atom is 0.270 e. The molecule has 0 radical (unpaired) electrons. The van der Waals surface area contributed by atoms with Crippen molar-refractivity contribution in [1.82, 2.24) is 15.6 Å². The molecule has 1 fully saturated rings. The van der Waals surface area contributed by atoms with Crippen molar-refractivity contribution in [1.29, 1.82) is 0 Å². The number of amides is 1. The van der Waals surface area contributed by atoms with Gasteiger partial charge in [0.05, 0.1) is 6.20 Å². The Kier molecular flexibility index (Phi) is 3.46. The van der Waals surface area contributed by atoms with Gasteiger partial charge < -0.3 is 10.6 Å². The Balaban J connectivity index is 1.94. The Morgan fingerprint density at radius 3 is 3.06 bits per heavy atom. The number of nitrogens with zero attached hydrogens (tertiary/aromatic N) is 1. The lowest BCUT2D eigenvalue weighted by molar-refractivity contribution is 0.0925. The number of pyridine rings is 1. The van der Waals surface area contributed by atoms with E-state index in [0.29, 0.717) is 0 Å². The molecular weight excluding hydrogens is 209 g/mol. The van der Waals surface area contributed by atoms with E-state index < -0.39 is 5.82 Å². The van der Waals surface area contributed by atoms with E-state index in [9.17, 15) is 9.18 Å².